The molecule has 1 aromatic rings. The molecule has 1 heterocycles. The van der Waals surface area contributed by atoms with E-state index in [4.69, 9.17) is 4.74 Å². The second-order valence-corrected chi connectivity index (χ2v) is 2.96. The van der Waals surface area contributed by atoms with Gasteiger partial charge in [-0.2, -0.15) is 0 Å². The van der Waals surface area contributed by atoms with Crippen molar-refractivity contribution in [2.45, 2.75) is 26.9 Å². The quantitative estimate of drug-likeness (QED) is 0.652. The summed E-state index contributed by atoms with van der Waals surface area (Å²) >= 11 is 0. The van der Waals surface area contributed by atoms with E-state index in [1.165, 1.54) is 6.92 Å². The number of aryl methyl sites for hydroxylation is 1. The highest BCUT2D eigenvalue weighted by Gasteiger charge is 2.09. The molecule has 0 unspecified atom stereocenters. The van der Waals surface area contributed by atoms with Gasteiger partial charge in [0.15, 0.2) is 0 Å². The van der Waals surface area contributed by atoms with Crippen molar-refractivity contribution in [2.24, 2.45) is 0 Å². The maximum absolute atomic E-state index is 10.7. The average Bonchev–Trinajstić information content (AvgIpc) is 2.03. The summed E-state index contributed by atoms with van der Waals surface area (Å²) in [7, 11) is 0. The normalized spacial score (nSPS) is 12.2. The molecular weight excluding hydrogens is 166 g/mol. The summed E-state index contributed by atoms with van der Waals surface area (Å²) in [4.78, 5) is 14.9. The van der Waals surface area contributed by atoms with Crippen LogP contribution in [0.15, 0.2) is 18.2 Å². The minimum atomic E-state index is -0.282. The van der Waals surface area contributed by atoms with Gasteiger partial charge in [0.05, 0.1) is 5.69 Å². The van der Waals surface area contributed by atoms with Gasteiger partial charge in [-0.25, -0.2) is 0 Å². The zero-order valence-corrected chi connectivity index (χ0v) is 8.07. The van der Waals surface area contributed by atoms with Crippen molar-refractivity contribution in [3.05, 3.63) is 29.6 Å². The molecule has 0 saturated carbocycles. The first-order chi connectivity index (χ1) is 6.09. The predicted octanol–water partition coefficient (Wildman–Crippen LogP) is 2.01. The molecule has 0 bridgehead atoms. The third-order valence-electron chi connectivity index (χ3n) is 1.67. The van der Waals surface area contributed by atoms with E-state index < -0.39 is 0 Å². The van der Waals surface area contributed by atoms with E-state index in [1.54, 1.807) is 0 Å². The van der Waals surface area contributed by atoms with Crippen LogP contribution in [0.5, 0.6) is 0 Å². The van der Waals surface area contributed by atoms with Crippen molar-refractivity contribution in [2.75, 3.05) is 0 Å². The van der Waals surface area contributed by atoms with Crippen LogP contribution in [0.3, 0.4) is 0 Å². The molecule has 0 saturated heterocycles. The molecule has 0 aromatic carbocycles. The van der Waals surface area contributed by atoms with Crippen LogP contribution in [-0.4, -0.2) is 11.0 Å². The fourth-order valence-electron chi connectivity index (χ4n) is 1.10. The Bertz CT molecular complexity index is 310. The van der Waals surface area contributed by atoms with E-state index in [0.29, 0.717) is 0 Å². The number of pyridine rings is 1. The molecule has 3 heteroatoms. The molecule has 0 aliphatic rings. The lowest BCUT2D eigenvalue weighted by Gasteiger charge is -2.11. The number of rotatable bonds is 2. The third kappa shape index (κ3) is 2.86. The molecule has 0 aliphatic carbocycles. The number of aromatic nitrogens is 1. The zero-order chi connectivity index (χ0) is 9.84. The molecule has 1 rings (SSSR count). The molecule has 3 nitrogen and oxygen atoms in total. The number of hydrogen-bond acceptors (Lipinski definition) is 3. The fourth-order valence-corrected chi connectivity index (χ4v) is 1.10. The zero-order valence-electron chi connectivity index (χ0n) is 8.07. The Balaban J connectivity index is 2.76. The van der Waals surface area contributed by atoms with Crippen LogP contribution in [0.1, 0.15) is 31.3 Å². The molecule has 1 atom stereocenters. The van der Waals surface area contributed by atoms with Crippen molar-refractivity contribution in [1.82, 2.24) is 4.98 Å². The van der Waals surface area contributed by atoms with Crippen molar-refractivity contribution in [3.8, 4) is 0 Å². The molecule has 70 valence electrons. The molecular formula is C10H13NO2. The summed E-state index contributed by atoms with van der Waals surface area (Å²) in [6.45, 7) is 5.11. The number of esters is 1. The lowest BCUT2D eigenvalue weighted by atomic mass is 10.2. The smallest absolute Gasteiger partial charge is 0.303 e. The SMILES string of the molecule is CC(=O)O[C@H](C)c1cccc(C)n1. The largest absolute Gasteiger partial charge is 0.456 e. The van der Waals surface area contributed by atoms with Crippen LogP contribution in [0.2, 0.25) is 0 Å². The van der Waals surface area contributed by atoms with E-state index >= 15 is 0 Å². The lowest BCUT2D eigenvalue weighted by Crippen LogP contribution is -2.06. The maximum atomic E-state index is 10.7. The Labute approximate surface area is 77.8 Å². The maximum Gasteiger partial charge on any atom is 0.303 e. The standard InChI is InChI=1S/C10H13NO2/c1-7-5-4-6-10(11-7)8(2)13-9(3)12/h4-6,8H,1-3H3/t8-/m1/s1. The van der Waals surface area contributed by atoms with Crippen molar-refractivity contribution in [3.63, 3.8) is 0 Å². The Morgan fingerprint density at radius 2 is 2.23 bits per heavy atom. The summed E-state index contributed by atoms with van der Waals surface area (Å²) in [5.74, 6) is -0.282. The summed E-state index contributed by atoms with van der Waals surface area (Å²) in [6.07, 6.45) is -0.266. The van der Waals surface area contributed by atoms with Crippen molar-refractivity contribution >= 4 is 5.97 Å². The van der Waals surface area contributed by atoms with Gasteiger partial charge in [0.1, 0.15) is 6.10 Å². The molecule has 0 aliphatic heterocycles. The van der Waals surface area contributed by atoms with Gasteiger partial charge in [0.25, 0.3) is 0 Å². The van der Waals surface area contributed by atoms with Gasteiger partial charge in [0, 0.05) is 12.6 Å². The van der Waals surface area contributed by atoms with Crippen molar-refractivity contribution in [1.29, 1.82) is 0 Å². The molecule has 1 aromatic heterocycles. The minimum Gasteiger partial charge on any atom is -0.456 e. The van der Waals surface area contributed by atoms with Gasteiger partial charge in [-0.3, -0.25) is 9.78 Å². The van der Waals surface area contributed by atoms with Gasteiger partial charge >= 0.3 is 5.97 Å². The third-order valence-corrected chi connectivity index (χ3v) is 1.67. The van der Waals surface area contributed by atoms with Crippen molar-refractivity contribution < 1.29 is 9.53 Å². The highest BCUT2D eigenvalue weighted by Crippen LogP contribution is 2.14. The van der Waals surface area contributed by atoms with E-state index in [9.17, 15) is 4.79 Å². The minimum absolute atomic E-state index is 0.266. The first kappa shape index (κ1) is 9.71. The summed E-state index contributed by atoms with van der Waals surface area (Å²) in [5, 5.41) is 0. The number of hydrogen-bond donors (Lipinski definition) is 0. The predicted molar refractivity (Wildman–Crippen MR) is 49.2 cm³/mol. The van der Waals surface area contributed by atoms with Crippen LogP contribution in [0.25, 0.3) is 0 Å². The number of ether oxygens (including phenoxy) is 1. The Kier molecular flexibility index (Phi) is 3.01. The number of nitrogens with zero attached hydrogens (tertiary/aromatic N) is 1. The van der Waals surface area contributed by atoms with E-state index in [0.717, 1.165) is 11.4 Å². The van der Waals surface area contributed by atoms with E-state index in [2.05, 4.69) is 4.98 Å². The molecule has 0 N–H and O–H groups in total. The molecule has 0 amide bonds. The molecule has 0 radical (unpaired) electrons. The van der Waals surface area contributed by atoms with Gasteiger partial charge in [-0.1, -0.05) is 6.07 Å². The van der Waals surface area contributed by atoms with Crippen LogP contribution in [-0.2, 0) is 9.53 Å². The Hall–Kier alpha value is -1.38. The van der Waals surface area contributed by atoms with Crippen LogP contribution < -0.4 is 0 Å². The van der Waals surface area contributed by atoms with Crippen LogP contribution >= 0.6 is 0 Å². The average molecular weight is 179 g/mol. The first-order valence-electron chi connectivity index (χ1n) is 4.20. The lowest BCUT2D eigenvalue weighted by molar-refractivity contribution is -0.145. The van der Waals surface area contributed by atoms with E-state index in [1.807, 2.05) is 32.0 Å². The highest BCUT2D eigenvalue weighted by molar-refractivity contribution is 5.66. The molecule has 0 fully saturated rings. The highest BCUT2D eigenvalue weighted by atomic mass is 16.5. The van der Waals surface area contributed by atoms with Gasteiger partial charge in [-0.05, 0) is 26.0 Å². The molecule has 0 spiro atoms. The second kappa shape index (κ2) is 4.03. The van der Waals surface area contributed by atoms with Crippen LogP contribution in [0.4, 0.5) is 0 Å². The second-order valence-electron chi connectivity index (χ2n) is 2.96. The summed E-state index contributed by atoms with van der Waals surface area (Å²) in [5.41, 5.74) is 1.71. The summed E-state index contributed by atoms with van der Waals surface area (Å²) in [6, 6.07) is 5.66. The fraction of sp³-hybridized carbons (Fsp3) is 0.400. The van der Waals surface area contributed by atoms with Gasteiger partial charge in [0.2, 0.25) is 0 Å². The Morgan fingerprint density at radius 3 is 2.77 bits per heavy atom. The molecule has 13 heavy (non-hydrogen) atoms. The van der Waals surface area contributed by atoms with Crippen LogP contribution in [0, 0.1) is 6.92 Å². The number of carbonyl (C=O) groups excluding carboxylic acids is 1. The number of carbonyl (C=O) groups is 1. The Morgan fingerprint density at radius 1 is 1.54 bits per heavy atom. The first-order valence-corrected chi connectivity index (χ1v) is 4.20. The van der Waals surface area contributed by atoms with Gasteiger partial charge < -0.3 is 4.74 Å². The topological polar surface area (TPSA) is 39.2 Å². The monoisotopic (exact) mass is 179 g/mol. The summed E-state index contributed by atoms with van der Waals surface area (Å²) < 4.78 is 4.99. The van der Waals surface area contributed by atoms with E-state index in [-0.39, 0.29) is 12.1 Å². The van der Waals surface area contributed by atoms with Gasteiger partial charge in [-0.15, -0.1) is 0 Å².